The normalized spacial score (nSPS) is 10.1. The molecule has 0 aliphatic heterocycles. The van der Waals surface area contributed by atoms with Gasteiger partial charge in [0.2, 0.25) is 0 Å². The molecule has 0 saturated carbocycles. The highest BCUT2D eigenvalue weighted by molar-refractivity contribution is 6.33. The molecule has 0 spiro atoms. The molecule has 7 heteroatoms. The zero-order valence-electron chi connectivity index (χ0n) is 8.37. The molecule has 0 fully saturated rings. The van der Waals surface area contributed by atoms with Gasteiger partial charge in [0.15, 0.2) is 12.4 Å². The van der Waals surface area contributed by atoms with E-state index in [2.05, 4.69) is 0 Å². The third-order valence-corrected chi connectivity index (χ3v) is 2.33. The minimum atomic E-state index is -1.21. The molecule has 0 saturated heterocycles. The third-order valence-electron chi connectivity index (χ3n) is 1.79. The number of carbonyl (C=O) groups is 2. The fourth-order valence-corrected chi connectivity index (χ4v) is 1.41. The molecular weight excluding hydrogens is 274 g/mol. The number of ether oxygens (including phenoxy) is 1. The van der Waals surface area contributed by atoms with Gasteiger partial charge < -0.3 is 9.84 Å². The third kappa shape index (κ3) is 3.57. The van der Waals surface area contributed by atoms with Crippen LogP contribution in [0.3, 0.4) is 0 Å². The van der Waals surface area contributed by atoms with Crippen LogP contribution in [-0.2, 0) is 4.79 Å². The first-order valence-corrected chi connectivity index (χ1v) is 5.29. The summed E-state index contributed by atoms with van der Waals surface area (Å²) < 4.78 is 18.1. The Labute approximate surface area is 106 Å². The molecule has 92 valence electrons. The summed E-state index contributed by atoms with van der Waals surface area (Å²) >= 11 is 10.9. The van der Waals surface area contributed by atoms with Gasteiger partial charge in [0.1, 0.15) is 11.6 Å². The van der Waals surface area contributed by atoms with Gasteiger partial charge in [-0.3, -0.25) is 4.79 Å². The molecule has 0 aliphatic carbocycles. The van der Waals surface area contributed by atoms with Gasteiger partial charge in [0.25, 0.3) is 0 Å². The molecule has 1 aromatic rings. The Balaban J connectivity index is 3.05. The van der Waals surface area contributed by atoms with Crippen LogP contribution in [0.15, 0.2) is 12.1 Å². The lowest BCUT2D eigenvalue weighted by Crippen LogP contribution is -2.11. The SMILES string of the molecule is O=C(O)COc1cc(C(=O)CCl)c(F)cc1Cl. The molecule has 0 heterocycles. The van der Waals surface area contributed by atoms with Crippen molar-refractivity contribution in [3.63, 3.8) is 0 Å². The molecule has 1 N–H and O–H groups in total. The molecule has 0 aromatic heterocycles. The lowest BCUT2D eigenvalue weighted by Gasteiger charge is -2.08. The van der Waals surface area contributed by atoms with Gasteiger partial charge in [0, 0.05) is 0 Å². The van der Waals surface area contributed by atoms with Gasteiger partial charge in [0.05, 0.1) is 16.5 Å². The van der Waals surface area contributed by atoms with E-state index in [4.69, 9.17) is 33.0 Å². The van der Waals surface area contributed by atoms with Gasteiger partial charge in [-0.05, 0) is 12.1 Å². The number of carboxylic acid groups (broad SMARTS) is 1. The Morgan fingerprint density at radius 1 is 1.41 bits per heavy atom. The molecule has 0 unspecified atom stereocenters. The van der Waals surface area contributed by atoms with E-state index < -0.39 is 30.1 Å². The van der Waals surface area contributed by atoms with Gasteiger partial charge >= 0.3 is 5.97 Å². The summed E-state index contributed by atoms with van der Waals surface area (Å²) in [5, 5.41) is 8.30. The van der Waals surface area contributed by atoms with Gasteiger partial charge in [-0.25, -0.2) is 9.18 Å². The van der Waals surface area contributed by atoms with Crippen molar-refractivity contribution in [2.24, 2.45) is 0 Å². The standard InChI is InChI=1S/C10H7Cl2FO4/c11-3-8(14)5-1-9(17-4-10(15)16)6(12)2-7(5)13/h1-2H,3-4H2,(H,15,16). The monoisotopic (exact) mass is 280 g/mol. The highest BCUT2D eigenvalue weighted by Crippen LogP contribution is 2.28. The van der Waals surface area contributed by atoms with Crippen LogP contribution in [0, 0.1) is 5.82 Å². The lowest BCUT2D eigenvalue weighted by atomic mass is 10.1. The largest absolute Gasteiger partial charge is 0.480 e. The number of halogens is 3. The number of ketones is 1. The van der Waals surface area contributed by atoms with E-state index in [-0.39, 0.29) is 16.3 Å². The summed E-state index contributed by atoms with van der Waals surface area (Å²) in [6, 6.07) is 1.91. The maximum atomic E-state index is 13.3. The summed E-state index contributed by atoms with van der Waals surface area (Å²) in [4.78, 5) is 21.5. The maximum Gasteiger partial charge on any atom is 0.341 e. The number of hydrogen-bond donors (Lipinski definition) is 1. The Morgan fingerprint density at radius 2 is 2.06 bits per heavy atom. The summed E-state index contributed by atoms with van der Waals surface area (Å²) in [7, 11) is 0. The molecule has 0 bridgehead atoms. The number of alkyl halides is 1. The average Bonchev–Trinajstić information content (AvgIpc) is 2.26. The first kappa shape index (κ1) is 13.7. The average molecular weight is 281 g/mol. The van der Waals surface area contributed by atoms with Crippen molar-refractivity contribution in [3.05, 3.63) is 28.5 Å². The minimum absolute atomic E-state index is 0.0797. The Morgan fingerprint density at radius 3 is 2.59 bits per heavy atom. The van der Waals surface area contributed by atoms with Crippen molar-refractivity contribution in [2.45, 2.75) is 0 Å². The van der Waals surface area contributed by atoms with E-state index >= 15 is 0 Å². The number of rotatable bonds is 5. The molecular formula is C10H7Cl2FO4. The van der Waals surface area contributed by atoms with Crippen molar-refractivity contribution in [1.82, 2.24) is 0 Å². The lowest BCUT2D eigenvalue weighted by molar-refractivity contribution is -0.139. The highest BCUT2D eigenvalue weighted by Gasteiger charge is 2.15. The van der Waals surface area contributed by atoms with E-state index in [9.17, 15) is 14.0 Å². The zero-order valence-corrected chi connectivity index (χ0v) is 9.89. The van der Waals surface area contributed by atoms with Crippen molar-refractivity contribution in [2.75, 3.05) is 12.5 Å². The van der Waals surface area contributed by atoms with Crippen LogP contribution in [0.2, 0.25) is 5.02 Å². The second-order valence-corrected chi connectivity index (χ2v) is 3.68. The van der Waals surface area contributed by atoms with E-state index in [1.807, 2.05) is 0 Å². The van der Waals surface area contributed by atoms with Crippen LogP contribution >= 0.6 is 23.2 Å². The summed E-state index contributed by atoms with van der Waals surface area (Å²) in [5.41, 5.74) is -0.287. The first-order valence-electron chi connectivity index (χ1n) is 4.38. The second kappa shape index (κ2) is 5.84. The minimum Gasteiger partial charge on any atom is -0.480 e. The van der Waals surface area contributed by atoms with Crippen LogP contribution in [0.4, 0.5) is 4.39 Å². The van der Waals surface area contributed by atoms with Gasteiger partial charge in [-0.1, -0.05) is 11.6 Å². The van der Waals surface area contributed by atoms with Crippen molar-refractivity contribution in [1.29, 1.82) is 0 Å². The number of hydrogen-bond acceptors (Lipinski definition) is 3. The summed E-state index contributed by atoms with van der Waals surface area (Å²) in [6.45, 7) is -0.639. The second-order valence-electron chi connectivity index (χ2n) is 3.00. The molecule has 0 radical (unpaired) electrons. The highest BCUT2D eigenvalue weighted by atomic mass is 35.5. The Bertz CT molecular complexity index is 462. The molecule has 0 amide bonds. The van der Waals surface area contributed by atoms with Crippen molar-refractivity contribution in [3.8, 4) is 5.75 Å². The predicted molar refractivity (Wildman–Crippen MR) is 59.6 cm³/mol. The quantitative estimate of drug-likeness (QED) is 0.664. The van der Waals surface area contributed by atoms with Crippen LogP contribution < -0.4 is 4.74 Å². The fraction of sp³-hybridized carbons (Fsp3) is 0.200. The predicted octanol–water partition coefficient (Wildman–Crippen LogP) is 2.36. The van der Waals surface area contributed by atoms with Gasteiger partial charge in [-0.15, -0.1) is 11.6 Å². The Kier molecular flexibility index (Phi) is 4.72. The van der Waals surface area contributed by atoms with E-state index in [0.717, 1.165) is 12.1 Å². The van der Waals surface area contributed by atoms with E-state index in [0.29, 0.717) is 0 Å². The van der Waals surface area contributed by atoms with Crippen LogP contribution in [-0.4, -0.2) is 29.3 Å². The fourth-order valence-electron chi connectivity index (χ4n) is 1.06. The topological polar surface area (TPSA) is 63.6 Å². The number of carbonyl (C=O) groups excluding carboxylic acids is 1. The van der Waals surface area contributed by atoms with Crippen molar-refractivity contribution >= 4 is 35.0 Å². The summed E-state index contributed by atoms with van der Waals surface area (Å²) in [5.74, 6) is -3.15. The molecule has 1 rings (SSSR count). The Hall–Kier alpha value is -1.33. The van der Waals surface area contributed by atoms with E-state index in [1.165, 1.54) is 0 Å². The number of benzene rings is 1. The molecule has 4 nitrogen and oxygen atoms in total. The number of carboxylic acids is 1. The van der Waals surface area contributed by atoms with Crippen LogP contribution in [0.5, 0.6) is 5.75 Å². The zero-order chi connectivity index (χ0) is 13.0. The van der Waals surface area contributed by atoms with Crippen LogP contribution in [0.1, 0.15) is 10.4 Å². The molecule has 0 aliphatic rings. The maximum absolute atomic E-state index is 13.3. The van der Waals surface area contributed by atoms with Gasteiger partial charge in [-0.2, -0.15) is 0 Å². The molecule has 1 aromatic carbocycles. The van der Waals surface area contributed by atoms with E-state index in [1.54, 1.807) is 0 Å². The molecule has 17 heavy (non-hydrogen) atoms. The number of aliphatic carboxylic acids is 1. The van der Waals surface area contributed by atoms with Crippen LogP contribution in [0.25, 0.3) is 0 Å². The summed E-state index contributed by atoms with van der Waals surface area (Å²) in [6.07, 6.45) is 0. The smallest absolute Gasteiger partial charge is 0.341 e. The molecule has 0 atom stereocenters. The van der Waals surface area contributed by atoms with Crippen molar-refractivity contribution < 1.29 is 23.8 Å². The number of Topliss-reactive ketones (excluding diaryl/α,β-unsaturated/α-hetero) is 1. The first-order chi connectivity index (χ1) is 7.95.